The molecule has 15 heteroatoms. The Bertz CT molecular complexity index is 1100. The summed E-state index contributed by atoms with van der Waals surface area (Å²) in [6, 6.07) is -0.605. The van der Waals surface area contributed by atoms with Crippen molar-refractivity contribution in [2.24, 2.45) is 5.92 Å². The molecule has 0 spiro atoms. The molecule has 4 N–H and O–H groups in total. The number of rotatable bonds is 11. The van der Waals surface area contributed by atoms with E-state index >= 15 is 0 Å². The molecule has 0 aromatic carbocycles. The van der Waals surface area contributed by atoms with Gasteiger partial charge in [0.05, 0.1) is 36.4 Å². The number of esters is 1. The van der Waals surface area contributed by atoms with Gasteiger partial charge in [0, 0.05) is 6.04 Å². The van der Waals surface area contributed by atoms with Crippen molar-refractivity contribution in [2.75, 3.05) is 25.6 Å². The molecule has 3 heterocycles. The molecular formula is C20H32ClN6O7P. The van der Waals surface area contributed by atoms with E-state index in [4.69, 9.17) is 36.1 Å². The summed E-state index contributed by atoms with van der Waals surface area (Å²) in [4.78, 5) is 33.5. The number of fused-ring (bicyclic) bond motifs is 1. The molecular weight excluding hydrogens is 503 g/mol. The molecule has 35 heavy (non-hydrogen) atoms. The number of hydrogen-bond acceptors (Lipinski definition) is 10. The minimum Gasteiger partial charge on any atom is -0.476 e. The van der Waals surface area contributed by atoms with Crippen LogP contribution in [0.25, 0.3) is 11.2 Å². The van der Waals surface area contributed by atoms with Crippen LogP contribution in [-0.4, -0.2) is 67.2 Å². The molecule has 1 saturated heterocycles. The fourth-order valence-electron chi connectivity index (χ4n) is 3.60. The number of nitrogens with zero attached hydrogens (tertiary/aromatic N) is 4. The maximum Gasteiger partial charge on any atom is 0.403 e. The van der Waals surface area contributed by atoms with Gasteiger partial charge in [-0.1, -0.05) is 13.8 Å². The van der Waals surface area contributed by atoms with Crippen molar-refractivity contribution < 1.29 is 33.0 Å². The van der Waals surface area contributed by atoms with Crippen molar-refractivity contribution in [2.45, 2.75) is 64.3 Å². The fraction of sp³-hybridized carbons (Fsp3) is 0.700. The van der Waals surface area contributed by atoms with Gasteiger partial charge < -0.3 is 24.8 Å². The van der Waals surface area contributed by atoms with Crippen molar-refractivity contribution in [1.29, 1.82) is 0 Å². The number of imidazole rings is 1. The molecule has 1 fully saturated rings. The summed E-state index contributed by atoms with van der Waals surface area (Å²) < 4.78 is 36.0. The number of ether oxygens (including phenoxy) is 3. The van der Waals surface area contributed by atoms with Crippen LogP contribution in [0.15, 0.2) is 6.33 Å². The number of alkyl halides is 1. The van der Waals surface area contributed by atoms with Gasteiger partial charge in [0.2, 0.25) is 11.8 Å². The smallest absolute Gasteiger partial charge is 0.403 e. The zero-order valence-corrected chi connectivity index (χ0v) is 22.0. The molecule has 0 amide bonds. The van der Waals surface area contributed by atoms with E-state index in [1.807, 2.05) is 6.92 Å². The van der Waals surface area contributed by atoms with E-state index in [-0.39, 0.29) is 31.0 Å². The second-order valence-corrected chi connectivity index (χ2v) is 11.3. The Balaban J connectivity index is 1.64. The molecule has 2 unspecified atom stereocenters. The van der Waals surface area contributed by atoms with Crippen molar-refractivity contribution in [3.63, 3.8) is 0 Å². The van der Waals surface area contributed by atoms with E-state index in [0.717, 1.165) is 0 Å². The summed E-state index contributed by atoms with van der Waals surface area (Å²) in [5.74, 6) is -0.426. The van der Waals surface area contributed by atoms with Crippen LogP contribution in [0, 0.1) is 5.92 Å². The minimum atomic E-state index is -4.20. The number of anilines is 1. The van der Waals surface area contributed by atoms with Crippen LogP contribution < -0.4 is 15.6 Å². The molecule has 2 aromatic rings. The number of nitrogens with one attached hydrogen (secondary N) is 1. The van der Waals surface area contributed by atoms with E-state index < -0.39 is 37.0 Å². The third-order valence-corrected chi connectivity index (χ3v) is 6.78. The largest absolute Gasteiger partial charge is 0.476 e. The average molecular weight is 535 g/mol. The molecule has 1 aliphatic heterocycles. The van der Waals surface area contributed by atoms with Gasteiger partial charge >= 0.3 is 13.7 Å². The monoisotopic (exact) mass is 534 g/mol. The van der Waals surface area contributed by atoms with Crippen molar-refractivity contribution >= 4 is 42.4 Å². The molecule has 196 valence electrons. The van der Waals surface area contributed by atoms with Crippen LogP contribution in [0.5, 0.6) is 5.88 Å². The summed E-state index contributed by atoms with van der Waals surface area (Å²) in [5.41, 5.74) is 6.63. The molecule has 0 bridgehead atoms. The lowest BCUT2D eigenvalue weighted by Gasteiger charge is -2.24. The minimum absolute atomic E-state index is 0.0114. The predicted molar refractivity (Wildman–Crippen MR) is 128 cm³/mol. The van der Waals surface area contributed by atoms with E-state index in [9.17, 15) is 14.3 Å². The number of nitrogen functional groups attached to an aromatic ring is 1. The lowest BCUT2D eigenvalue weighted by atomic mass is 10.1. The lowest BCUT2D eigenvalue weighted by Crippen LogP contribution is -2.31. The van der Waals surface area contributed by atoms with E-state index in [2.05, 4.69) is 20.0 Å². The SMILES string of the molecule is CCOc1nc(N)nc2c1ncn2[C@@H]1O[C@H](COP(=O)(O)NC(C)COC(=O)C(C)C)C[C@@]1(C)Cl. The van der Waals surface area contributed by atoms with Crippen LogP contribution >= 0.6 is 19.3 Å². The van der Waals surface area contributed by atoms with Crippen molar-refractivity contribution in [1.82, 2.24) is 24.6 Å². The predicted octanol–water partition coefficient (Wildman–Crippen LogP) is 2.39. The number of halogens is 1. The number of nitrogens with two attached hydrogens (primary N) is 1. The Kier molecular flexibility index (Phi) is 8.61. The highest BCUT2D eigenvalue weighted by molar-refractivity contribution is 7.50. The quantitative estimate of drug-likeness (QED) is 0.218. The molecule has 5 atom stereocenters. The highest BCUT2D eigenvalue weighted by Gasteiger charge is 2.46. The average Bonchev–Trinajstić information content (AvgIpc) is 3.29. The molecule has 0 saturated carbocycles. The molecule has 0 aliphatic carbocycles. The van der Waals surface area contributed by atoms with Gasteiger partial charge in [-0.15, -0.1) is 11.6 Å². The summed E-state index contributed by atoms with van der Waals surface area (Å²) in [5, 5.41) is 2.45. The number of carbonyl (C=O) groups is 1. The van der Waals surface area contributed by atoms with Gasteiger partial charge in [-0.05, 0) is 27.2 Å². The second-order valence-electron chi connectivity index (χ2n) is 8.87. The Hall–Kier alpha value is -2.02. The first-order chi connectivity index (χ1) is 16.3. The zero-order valence-electron chi connectivity index (χ0n) is 20.3. The van der Waals surface area contributed by atoms with E-state index in [0.29, 0.717) is 24.2 Å². The van der Waals surface area contributed by atoms with Gasteiger partial charge in [-0.2, -0.15) is 9.97 Å². The normalized spacial score (nSPS) is 25.0. The van der Waals surface area contributed by atoms with Crippen LogP contribution in [0.4, 0.5) is 5.95 Å². The molecule has 13 nitrogen and oxygen atoms in total. The van der Waals surface area contributed by atoms with Crippen LogP contribution in [-0.2, 0) is 23.4 Å². The van der Waals surface area contributed by atoms with Crippen molar-refractivity contribution in [3.8, 4) is 5.88 Å². The van der Waals surface area contributed by atoms with Gasteiger partial charge in [0.25, 0.3) is 0 Å². The summed E-state index contributed by atoms with van der Waals surface area (Å²) in [6.45, 7) is 8.70. The fourth-order valence-corrected chi connectivity index (χ4v) is 5.00. The van der Waals surface area contributed by atoms with Gasteiger partial charge in [-0.25, -0.2) is 14.6 Å². The van der Waals surface area contributed by atoms with E-state index in [1.54, 1.807) is 32.3 Å². The molecule has 0 radical (unpaired) electrons. The summed E-state index contributed by atoms with van der Waals surface area (Å²) >= 11 is 6.76. The Labute approximate surface area is 208 Å². The van der Waals surface area contributed by atoms with E-state index in [1.165, 1.54) is 6.33 Å². The van der Waals surface area contributed by atoms with Crippen LogP contribution in [0.3, 0.4) is 0 Å². The first-order valence-electron chi connectivity index (χ1n) is 11.2. The number of aromatic nitrogens is 4. The Morgan fingerprint density at radius 1 is 1.46 bits per heavy atom. The highest BCUT2D eigenvalue weighted by Crippen LogP contribution is 2.46. The Morgan fingerprint density at radius 2 is 2.17 bits per heavy atom. The molecule has 1 aliphatic rings. The Morgan fingerprint density at radius 3 is 2.83 bits per heavy atom. The maximum atomic E-state index is 12.5. The maximum absolute atomic E-state index is 12.5. The highest BCUT2D eigenvalue weighted by atomic mass is 35.5. The van der Waals surface area contributed by atoms with Gasteiger partial charge in [0.15, 0.2) is 17.4 Å². The molecule has 3 rings (SSSR count). The van der Waals surface area contributed by atoms with Gasteiger partial charge in [0.1, 0.15) is 6.61 Å². The summed E-state index contributed by atoms with van der Waals surface area (Å²) in [7, 11) is -4.20. The van der Waals surface area contributed by atoms with Crippen molar-refractivity contribution in [3.05, 3.63) is 6.33 Å². The topological polar surface area (TPSA) is 173 Å². The lowest BCUT2D eigenvalue weighted by molar-refractivity contribution is -0.147. The second kappa shape index (κ2) is 10.9. The first-order valence-corrected chi connectivity index (χ1v) is 13.2. The van der Waals surface area contributed by atoms with Crippen LogP contribution in [0.1, 0.15) is 47.3 Å². The van der Waals surface area contributed by atoms with Gasteiger partial charge in [-0.3, -0.25) is 13.9 Å². The number of carbonyl (C=O) groups excluding carboxylic acids is 1. The zero-order chi connectivity index (χ0) is 26.0. The number of hydrogen-bond donors (Lipinski definition) is 3. The van der Waals surface area contributed by atoms with Crippen LogP contribution in [0.2, 0.25) is 0 Å². The standard InChI is InChI=1S/C20H32ClN6O7P/c1-6-31-16-14-15(24-19(22)25-16)27(10-23-14)18-20(5,21)7-13(34-18)9-33-35(29,30)26-12(4)8-32-17(28)11(2)3/h10-13,18H,6-9H2,1-5H3,(H2,22,24,25)(H2,26,29,30)/t12?,13-,18+,20+/m0/s1. The first kappa shape index (κ1) is 27.6. The summed E-state index contributed by atoms with van der Waals surface area (Å²) in [6.07, 6.45) is 0.516. The third-order valence-electron chi connectivity index (χ3n) is 5.17. The third kappa shape index (κ3) is 6.81. The molecule has 2 aromatic heterocycles.